The fourth-order valence-corrected chi connectivity index (χ4v) is 0.0192. The molecule has 0 rings (SSSR count). The summed E-state index contributed by atoms with van der Waals surface area (Å²) in [5.41, 5.74) is 0.389. The van der Waals surface area contributed by atoms with Crippen molar-refractivity contribution in [1.82, 2.24) is 0 Å². The zero-order chi connectivity index (χ0) is 9.28. The van der Waals surface area contributed by atoms with Gasteiger partial charge >= 0.3 is 20.4 Å². The SMILES string of the molecule is O=C([O-])C(=O)[O-].O=N[NH2+]N=O.[Pd+]. The van der Waals surface area contributed by atoms with E-state index in [0.29, 0.717) is 5.53 Å². The molecule has 0 unspecified atom stereocenters. The minimum absolute atomic E-state index is 0. The number of carboxylic acids is 2. The maximum Gasteiger partial charge on any atom is 1.00 e. The van der Waals surface area contributed by atoms with Crippen molar-refractivity contribution in [3.63, 3.8) is 0 Å². The van der Waals surface area contributed by atoms with Crippen molar-refractivity contribution < 1.29 is 45.8 Å². The van der Waals surface area contributed by atoms with E-state index < -0.39 is 11.9 Å². The molecule has 0 saturated carbocycles. The maximum atomic E-state index is 8.93. The monoisotopic (exact) mass is 270 g/mol. The van der Waals surface area contributed by atoms with E-state index >= 15 is 0 Å². The second-order valence-electron chi connectivity index (χ2n) is 0.901. The van der Waals surface area contributed by atoms with Crippen LogP contribution < -0.4 is 15.7 Å². The minimum Gasteiger partial charge on any atom is -0.543 e. The average Bonchev–Trinajstić information content (AvgIpc) is 1.90. The number of hydrogen-bond donors (Lipinski definition) is 1. The molecule has 71 valence electrons. The van der Waals surface area contributed by atoms with Crippen LogP contribution in [0.1, 0.15) is 0 Å². The number of quaternary nitrogens is 1. The maximum absolute atomic E-state index is 8.93. The quantitative estimate of drug-likeness (QED) is 0.175. The fourth-order valence-electron chi connectivity index (χ4n) is 0.0192. The normalized spacial score (nSPS) is 6.33. The van der Waals surface area contributed by atoms with Crippen molar-refractivity contribution in [2.45, 2.75) is 0 Å². The first kappa shape index (κ1) is 17.0. The van der Waals surface area contributed by atoms with E-state index in [4.69, 9.17) is 29.6 Å². The van der Waals surface area contributed by atoms with Gasteiger partial charge in [-0.1, -0.05) is 9.81 Å². The van der Waals surface area contributed by atoms with E-state index in [2.05, 4.69) is 0 Å². The predicted molar refractivity (Wildman–Crippen MR) is 23.5 cm³/mol. The Labute approximate surface area is 78.7 Å². The number of carbonyl (C=O) groups is 2. The summed E-state index contributed by atoms with van der Waals surface area (Å²) >= 11 is 0. The average molecular weight is 270 g/mol. The summed E-state index contributed by atoms with van der Waals surface area (Å²) in [5, 5.41) is 21.9. The summed E-state index contributed by atoms with van der Waals surface area (Å²) in [4.78, 5) is 35.5. The Morgan fingerprint density at radius 1 is 1.00 bits per heavy atom. The van der Waals surface area contributed by atoms with Gasteiger partial charge in [0, 0.05) is 0 Å². The van der Waals surface area contributed by atoms with Gasteiger partial charge in [-0.05, 0) is 5.53 Å². The summed E-state index contributed by atoms with van der Waals surface area (Å²) < 4.78 is 0. The van der Waals surface area contributed by atoms with Gasteiger partial charge in [0.15, 0.2) is 10.6 Å². The number of hydrogen-bond acceptors (Lipinski definition) is 8. The van der Waals surface area contributed by atoms with Crippen molar-refractivity contribution in [2.75, 3.05) is 0 Å². The summed E-state index contributed by atoms with van der Waals surface area (Å²) in [7, 11) is 0. The molecule has 0 heterocycles. The van der Waals surface area contributed by atoms with E-state index in [-0.39, 0.29) is 20.4 Å². The van der Waals surface area contributed by atoms with Crippen molar-refractivity contribution >= 4 is 11.9 Å². The Bertz CT molecular complexity index is 152. The second-order valence-corrected chi connectivity index (χ2v) is 0.901. The van der Waals surface area contributed by atoms with Crippen LogP contribution in [-0.2, 0) is 30.0 Å². The van der Waals surface area contributed by atoms with Crippen molar-refractivity contribution in [1.29, 1.82) is 0 Å². The van der Waals surface area contributed by atoms with Crippen molar-refractivity contribution in [3.05, 3.63) is 9.81 Å². The van der Waals surface area contributed by atoms with Gasteiger partial charge < -0.3 is 19.8 Å². The van der Waals surface area contributed by atoms with Crippen LogP contribution in [0.15, 0.2) is 10.6 Å². The molecule has 0 aliphatic carbocycles. The van der Waals surface area contributed by atoms with Gasteiger partial charge in [-0.15, -0.1) is 0 Å². The molecule has 0 saturated heterocycles. The first-order valence-electron chi connectivity index (χ1n) is 1.95. The Morgan fingerprint density at radius 3 is 1.25 bits per heavy atom. The number of rotatable bonds is 2. The van der Waals surface area contributed by atoms with Crippen molar-refractivity contribution in [3.8, 4) is 0 Å². The van der Waals surface area contributed by atoms with Gasteiger partial charge in [-0.2, -0.15) is 0 Å². The van der Waals surface area contributed by atoms with E-state index in [9.17, 15) is 0 Å². The molecule has 9 nitrogen and oxygen atoms in total. The molecule has 0 aromatic rings. The first-order chi connectivity index (χ1) is 5.06. The first-order valence-corrected chi connectivity index (χ1v) is 1.95. The molecule has 0 aromatic heterocycles. The number of nitrogens with two attached hydrogens (primary N) is 1. The van der Waals surface area contributed by atoms with E-state index in [0.717, 1.165) is 0 Å². The number of carboxylic acid groups (broad SMARTS) is 2. The smallest absolute Gasteiger partial charge is 0.543 e. The third-order valence-corrected chi connectivity index (χ3v) is 0.261. The van der Waals surface area contributed by atoms with Crippen LogP contribution in [0.3, 0.4) is 0 Å². The van der Waals surface area contributed by atoms with E-state index in [1.807, 2.05) is 10.6 Å². The zero-order valence-corrected chi connectivity index (χ0v) is 6.79. The van der Waals surface area contributed by atoms with Crippen LogP contribution in [0.5, 0.6) is 0 Å². The molecule has 0 aromatic carbocycles. The van der Waals surface area contributed by atoms with Gasteiger partial charge in [-0.25, -0.2) is 0 Å². The molecular formula is C2H2N3O6Pd. The molecule has 0 bridgehead atoms. The number of nitroso groups, excluding NO2 is 2. The van der Waals surface area contributed by atoms with Crippen LogP contribution in [0, 0.1) is 9.81 Å². The molecular weight excluding hydrogens is 268 g/mol. The van der Waals surface area contributed by atoms with Gasteiger partial charge in [0.2, 0.25) is 0 Å². The van der Waals surface area contributed by atoms with Gasteiger partial charge in [0.05, 0.1) is 11.9 Å². The summed E-state index contributed by atoms with van der Waals surface area (Å²) in [6, 6.07) is 0. The molecule has 0 atom stereocenters. The molecule has 0 aliphatic rings. The zero-order valence-electron chi connectivity index (χ0n) is 5.24. The molecule has 1 radical (unpaired) electrons. The van der Waals surface area contributed by atoms with Crippen LogP contribution in [0.2, 0.25) is 0 Å². The third kappa shape index (κ3) is 23.3. The largest absolute Gasteiger partial charge is 1.00 e. The number of carbonyl (C=O) groups excluding carboxylic acids is 2. The van der Waals surface area contributed by atoms with Crippen LogP contribution in [-0.4, -0.2) is 11.9 Å². The van der Waals surface area contributed by atoms with Gasteiger partial charge in [-0.3, -0.25) is 0 Å². The third-order valence-electron chi connectivity index (χ3n) is 0.261. The molecule has 0 fully saturated rings. The second kappa shape index (κ2) is 12.4. The van der Waals surface area contributed by atoms with Crippen molar-refractivity contribution in [2.24, 2.45) is 10.6 Å². The van der Waals surface area contributed by atoms with Gasteiger partial charge in [0.1, 0.15) is 0 Å². The topological polar surface area (TPSA) is 156 Å². The Balaban J connectivity index is -0.000000126. The molecule has 0 spiro atoms. The van der Waals surface area contributed by atoms with E-state index in [1.165, 1.54) is 0 Å². The number of nitrogens with zero attached hydrogens (tertiary/aromatic N) is 2. The molecule has 2 N–H and O–H groups in total. The Hall–Kier alpha value is -1.24. The molecule has 12 heavy (non-hydrogen) atoms. The minimum atomic E-state index is -2.19. The molecule has 0 aliphatic heterocycles. The Morgan fingerprint density at radius 2 is 1.25 bits per heavy atom. The van der Waals surface area contributed by atoms with Crippen LogP contribution >= 0.6 is 0 Å². The Kier molecular flexibility index (Phi) is 17.6. The predicted octanol–water partition coefficient (Wildman–Crippen LogP) is -4.60. The van der Waals surface area contributed by atoms with Crippen LogP contribution in [0.25, 0.3) is 0 Å². The van der Waals surface area contributed by atoms with Gasteiger partial charge in [0.25, 0.3) is 0 Å². The molecule has 10 heteroatoms. The number of aliphatic carboxylic acids is 2. The summed E-state index contributed by atoms with van der Waals surface area (Å²) in [6.45, 7) is 0. The van der Waals surface area contributed by atoms with Crippen LogP contribution in [0.4, 0.5) is 0 Å². The molecule has 0 amide bonds. The van der Waals surface area contributed by atoms with E-state index in [1.54, 1.807) is 0 Å². The fraction of sp³-hybridized carbons (Fsp3) is 0. The standard InChI is InChI=1S/C2H2O4.HN3O2.Pd/c3-1(4)2(5)6;4-2-1-3-5;/h(H,3,4)(H,5,6);(H,1,4,5);/q;;+1/p-1. The summed E-state index contributed by atoms with van der Waals surface area (Å²) in [5.74, 6) is -4.37. The summed E-state index contributed by atoms with van der Waals surface area (Å²) in [6.07, 6.45) is 0.